The maximum Gasteiger partial charge on any atom is 0.373 e. The fraction of sp³-hybridized carbons (Fsp3) is 0.464. The highest BCUT2D eigenvalue weighted by atomic mass is 16.2. The Balaban J connectivity index is 0. The molecule has 0 aromatic heterocycles. The third-order valence-corrected chi connectivity index (χ3v) is 4.23. The van der Waals surface area contributed by atoms with Gasteiger partial charge >= 0.3 is 6.15 Å². The van der Waals surface area contributed by atoms with E-state index in [1.807, 2.05) is 0 Å². The minimum atomic E-state index is -0.0941. The van der Waals surface area contributed by atoms with Crippen LogP contribution in [0.5, 0.6) is 0 Å². The Kier molecular flexibility index (Phi) is 28.2. The van der Waals surface area contributed by atoms with E-state index in [2.05, 4.69) is 73.0 Å². The zero-order valence-corrected chi connectivity index (χ0v) is 20.3. The minimum absolute atomic E-state index is 0.0941. The lowest BCUT2D eigenvalue weighted by Crippen LogP contribution is -2.22. The van der Waals surface area contributed by atoms with Gasteiger partial charge in [0, 0.05) is 19.4 Å². The van der Waals surface area contributed by atoms with Crippen LogP contribution in [0.15, 0.2) is 72.9 Å². The Labute approximate surface area is 200 Å². The second-order valence-electron chi connectivity index (χ2n) is 7.12. The van der Waals surface area contributed by atoms with E-state index < -0.39 is 0 Å². The molecule has 182 valence electrons. The van der Waals surface area contributed by atoms with E-state index in [9.17, 15) is 9.59 Å². The summed E-state index contributed by atoms with van der Waals surface area (Å²) < 4.78 is 0. The average Bonchev–Trinajstić information content (AvgIpc) is 2.79. The molecule has 0 atom stereocenters. The monoisotopic (exact) mass is 455 g/mol. The first-order chi connectivity index (χ1) is 16.1. The first-order valence-electron chi connectivity index (χ1n) is 11.8. The first-order valence-corrected chi connectivity index (χ1v) is 11.8. The van der Waals surface area contributed by atoms with Gasteiger partial charge < -0.3 is 5.32 Å². The van der Waals surface area contributed by atoms with Crippen molar-refractivity contribution in [3.63, 3.8) is 0 Å². The molecule has 0 aliphatic heterocycles. The van der Waals surface area contributed by atoms with Crippen molar-refractivity contribution in [1.29, 1.82) is 0 Å². The summed E-state index contributed by atoms with van der Waals surface area (Å²) in [6.07, 6.45) is 34.1. The van der Waals surface area contributed by atoms with Crippen LogP contribution in [0.3, 0.4) is 0 Å². The highest BCUT2D eigenvalue weighted by Gasteiger charge is 2.01. The van der Waals surface area contributed by atoms with E-state index in [0.717, 1.165) is 44.9 Å². The summed E-state index contributed by atoms with van der Waals surface area (Å²) in [4.78, 5) is 39.3. The molecule has 5 heteroatoms. The number of rotatable bonds is 18. The van der Waals surface area contributed by atoms with Crippen molar-refractivity contribution in [3.8, 4) is 0 Å². The van der Waals surface area contributed by atoms with E-state index in [0.29, 0.717) is 25.8 Å². The van der Waals surface area contributed by atoms with Crippen LogP contribution in [0.25, 0.3) is 0 Å². The SMILES string of the molecule is C/C=C/C(=O)NCCCC(=O)CCC/C=C\C/C=C\C/C=C\C/C=C\C/C=C\CC.O=C=O. The molecule has 33 heavy (non-hydrogen) atoms. The van der Waals surface area contributed by atoms with E-state index in [-0.39, 0.29) is 17.8 Å². The Morgan fingerprint density at radius 1 is 0.727 bits per heavy atom. The molecule has 0 fully saturated rings. The summed E-state index contributed by atoms with van der Waals surface area (Å²) >= 11 is 0. The van der Waals surface area contributed by atoms with Crippen molar-refractivity contribution in [2.75, 3.05) is 6.54 Å². The van der Waals surface area contributed by atoms with Gasteiger partial charge in [-0.2, -0.15) is 9.59 Å². The number of unbranched alkanes of at least 4 members (excludes halogenated alkanes) is 1. The quantitative estimate of drug-likeness (QED) is 0.148. The number of allylic oxidation sites excluding steroid dienone is 11. The number of amides is 1. The Hall–Kier alpha value is -3.04. The highest BCUT2D eigenvalue weighted by Crippen LogP contribution is 2.03. The molecule has 0 rings (SSSR count). The fourth-order valence-corrected chi connectivity index (χ4v) is 2.62. The molecule has 0 bridgehead atoms. The molecule has 0 saturated heterocycles. The molecular formula is C28H41NO4. The van der Waals surface area contributed by atoms with Gasteiger partial charge in [-0.3, -0.25) is 9.59 Å². The maximum atomic E-state index is 11.8. The van der Waals surface area contributed by atoms with Gasteiger partial charge in [-0.15, -0.1) is 0 Å². The molecule has 0 aliphatic rings. The minimum Gasteiger partial charge on any atom is -0.353 e. The van der Waals surface area contributed by atoms with E-state index in [4.69, 9.17) is 9.59 Å². The van der Waals surface area contributed by atoms with Crippen LogP contribution in [0.2, 0.25) is 0 Å². The number of nitrogens with one attached hydrogen (secondary N) is 1. The molecule has 0 heterocycles. The van der Waals surface area contributed by atoms with Gasteiger partial charge in [-0.25, -0.2) is 0 Å². The molecule has 0 unspecified atom stereocenters. The zero-order valence-electron chi connectivity index (χ0n) is 20.3. The molecule has 5 nitrogen and oxygen atoms in total. The number of hydrogen-bond acceptors (Lipinski definition) is 4. The number of hydrogen-bond donors (Lipinski definition) is 1. The lowest BCUT2D eigenvalue weighted by atomic mass is 10.1. The van der Waals surface area contributed by atoms with E-state index in [1.165, 1.54) is 6.08 Å². The van der Waals surface area contributed by atoms with Gasteiger partial charge in [-0.05, 0) is 64.4 Å². The van der Waals surface area contributed by atoms with E-state index >= 15 is 0 Å². The standard InChI is InChI=1S/C27H41NO2.CO2/c1-3-5-6-7-8-9-10-11-12-13-14-15-16-17-18-19-20-23-26(29)24-21-25-28-27(30)22-4-2;2-1-3/h4-6,8-9,11-12,14-15,17-18,22H,3,7,10,13,16,19-21,23-25H2,1-2H3,(H,28,30);/b6-5-,9-8-,12-11-,15-14-,18-17-,22-4+;. The largest absolute Gasteiger partial charge is 0.373 e. The predicted molar refractivity (Wildman–Crippen MR) is 135 cm³/mol. The number of ketones is 1. The maximum absolute atomic E-state index is 11.8. The van der Waals surface area contributed by atoms with Gasteiger partial charge in [0.25, 0.3) is 0 Å². The molecule has 0 radical (unpaired) electrons. The summed E-state index contributed by atoms with van der Waals surface area (Å²) in [5, 5.41) is 2.76. The topological polar surface area (TPSA) is 80.3 Å². The summed E-state index contributed by atoms with van der Waals surface area (Å²) in [7, 11) is 0. The third kappa shape index (κ3) is 31.2. The summed E-state index contributed by atoms with van der Waals surface area (Å²) in [6.45, 7) is 4.51. The number of carbonyl (C=O) groups excluding carboxylic acids is 4. The lowest BCUT2D eigenvalue weighted by molar-refractivity contribution is -0.191. The lowest BCUT2D eigenvalue weighted by Gasteiger charge is -2.02. The second-order valence-corrected chi connectivity index (χ2v) is 7.12. The van der Waals surface area contributed by atoms with Crippen molar-refractivity contribution in [3.05, 3.63) is 72.9 Å². The molecular weight excluding hydrogens is 414 g/mol. The number of carbonyl (C=O) groups is 2. The van der Waals surface area contributed by atoms with Crippen molar-refractivity contribution in [1.82, 2.24) is 5.32 Å². The number of Topliss-reactive ketones (excluding diaryl/α,β-unsaturated/α-hetero) is 1. The van der Waals surface area contributed by atoms with Crippen LogP contribution in [0.4, 0.5) is 0 Å². The summed E-state index contributed by atoms with van der Waals surface area (Å²) in [5.74, 6) is 0.186. The molecule has 0 aromatic rings. The summed E-state index contributed by atoms with van der Waals surface area (Å²) in [5.41, 5.74) is 0. The Morgan fingerprint density at radius 2 is 1.18 bits per heavy atom. The van der Waals surface area contributed by atoms with Crippen LogP contribution in [-0.4, -0.2) is 24.4 Å². The van der Waals surface area contributed by atoms with Gasteiger partial charge in [-0.1, -0.05) is 73.8 Å². The van der Waals surface area contributed by atoms with Gasteiger partial charge in [0.1, 0.15) is 5.78 Å². The van der Waals surface area contributed by atoms with E-state index in [1.54, 1.807) is 13.0 Å². The van der Waals surface area contributed by atoms with Crippen molar-refractivity contribution in [2.45, 2.75) is 78.1 Å². The molecule has 1 amide bonds. The van der Waals surface area contributed by atoms with Crippen LogP contribution in [0.1, 0.15) is 78.1 Å². The van der Waals surface area contributed by atoms with Crippen molar-refractivity contribution in [2.24, 2.45) is 0 Å². The van der Waals surface area contributed by atoms with Crippen LogP contribution < -0.4 is 5.32 Å². The van der Waals surface area contributed by atoms with Gasteiger partial charge in [0.2, 0.25) is 5.91 Å². The van der Waals surface area contributed by atoms with Crippen molar-refractivity contribution >= 4 is 17.8 Å². The average molecular weight is 456 g/mol. The second kappa shape index (κ2) is 29.0. The van der Waals surface area contributed by atoms with Crippen LogP contribution in [0, 0.1) is 0 Å². The first kappa shape index (κ1) is 32.1. The zero-order chi connectivity index (χ0) is 24.8. The Morgan fingerprint density at radius 3 is 1.67 bits per heavy atom. The predicted octanol–water partition coefficient (Wildman–Crippen LogP) is 6.37. The Bertz CT molecular complexity index is 691. The third-order valence-electron chi connectivity index (χ3n) is 4.23. The molecule has 0 aromatic carbocycles. The fourth-order valence-electron chi connectivity index (χ4n) is 2.62. The molecule has 1 N–H and O–H groups in total. The van der Waals surface area contributed by atoms with Gasteiger partial charge in [0.05, 0.1) is 0 Å². The van der Waals surface area contributed by atoms with Crippen LogP contribution >= 0.6 is 0 Å². The van der Waals surface area contributed by atoms with Gasteiger partial charge in [0.15, 0.2) is 0 Å². The molecule has 0 aliphatic carbocycles. The highest BCUT2D eigenvalue weighted by molar-refractivity contribution is 5.87. The molecule has 0 spiro atoms. The van der Waals surface area contributed by atoms with Crippen molar-refractivity contribution < 1.29 is 19.2 Å². The smallest absolute Gasteiger partial charge is 0.353 e. The van der Waals surface area contributed by atoms with Crippen LogP contribution in [-0.2, 0) is 19.2 Å². The summed E-state index contributed by atoms with van der Waals surface area (Å²) in [6, 6.07) is 0. The normalized spacial score (nSPS) is 11.7. The molecule has 0 saturated carbocycles.